The van der Waals surface area contributed by atoms with Crippen molar-refractivity contribution in [2.45, 2.75) is 45.6 Å². The Kier molecular flexibility index (Phi) is 5.75. The first-order chi connectivity index (χ1) is 14.1. The monoisotopic (exact) mass is 424 g/mol. The molecule has 0 amide bonds. The molecule has 0 fully saturated rings. The number of hydrogen-bond donors (Lipinski definition) is 1. The van der Waals surface area contributed by atoms with Crippen LogP contribution in [0.5, 0.6) is 5.75 Å². The summed E-state index contributed by atoms with van der Waals surface area (Å²) in [6, 6.07) is 11.9. The smallest absolute Gasteiger partial charge is 0.289 e. The third kappa shape index (κ3) is 4.10. The highest BCUT2D eigenvalue weighted by Gasteiger charge is 2.25. The molecule has 0 aliphatic heterocycles. The van der Waals surface area contributed by atoms with Crippen molar-refractivity contribution < 1.29 is 9.72 Å². The molecule has 3 N–H and O–H groups in total. The molecular formula is C23H23ClN3OS+. The first kappa shape index (κ1) is 19.8. The molecule has 0 saturated heterocycles. The second-order valence-electron chi connectivity index (χ2n) is 7.35. The Bertz CT molecular complexity index is 1080. The maximum absolute atomic E-state index is 9.80. The second kappa shape index (κ2) is 8.44. The van der Waals surface area contributed by atoms with E-state index in [1.165, 1.54) is 22.6 Å². The highest BCUT2D eigenvalue weighted by Crippen LogP contribution is 2.39. The number of ether oxygens (including phenoxy) is 1. The average molecular weight is 425 g/mol. The van der Waals surface area contributed by atoms with E-state index in [0.29, 0.717) is 23.0 Å². The molecule has 6 heteroatoms. The van der Waals surface area contributed by atoms with Crippen LogP contribution in [-0.4, -0.2) is 0 Å². The van der Waals surface area contributed by atoms with E-state index in [4.69, 9.17) is 22.1 Å². The average Bonchev–Trinajstić information content (AvgIpc) is 2.92. The van der Waals surface area contributed by atoms with Crippen LogP contribution in [-0.2, 0) is 19.4 Å². The quantitative estimate of drug-likeness (QED) is 0.562. The number of nitriles is 1. The number of pyridine rings is 1. The molecule has 0 saturated carbocycles. The maximum Gasteiger partial charge on any atom is 0.289 e. The number of nitrogens with two attached hydrogens (primary N) is 1. The fraction of sp³-hybridized carbons (Fsp3) is 0.304. The Balaban J connectivity index is 1.70. The van der Waals surface area contributed by atoms with E-state index in [0.717, 1.165) is 47.4 Å². The lowest BCUT2D eigenvalue weighted by Gasteiger charge is -2.11. The van der Waals surface area contributed by atoms with E-state index in [9.17, 15) is 5.26 Å². The van der Waals surface area contributed by atoms with Crippen LogP contribution >= 0.6 is 22.9 Å². The summed E-state index contributed by atoms with van der Waals surface area (Å²) in [5.41, 5.74) is 11.3. The normalized spacial score (nSPS) is 13.4. The predicted molar refractivity (Wildman–Crippen MR) is 117 cm³/mol. The molecule has 1 aliphatic carbocycles. The maximum atomic E-state index is 9.80. The Morgan fingerprint density at radius 1 is 1.21 bits per heavy atom. The number of hydrogen-bond acceptors (Lipinski definition) is 4. The van der Waals surface area contributed by atoms with Crippen LogP contribution in [0.3, 0.4) is 0 Å². The van der Waals surface area contributed by atoms with Crippen molar-refractivity contribution >= 4 is 28.8 Å². The summed E-state index contributed by atoms with van der Waals surface area (Å²) in [5, 5.41) is 10.5. The van der Waals surface area contributed by atoms with Crippen LogP contribution in [0.4, 0.5) is 5.82 Å². The number of anilines is 1. The van der Waals surface area contributed by atoms with Gasteiger partial charge in [0.2, 0.25) is 0 Å². The number of aromatic nitrogens is 1. The number of nitrogen functional groups attached to an aromatic ring is 1. The molecule has 3 aromatic rings. The molecule has 0 spiro atoms. The molecule has 0 unspecified atom stereocenters. The number of benzene rings is 1. The molecule has 4 rings (SSSR count). The van der Waals surface area contributed by atoms with Gasteiger partial charge in [0.1, 0.15) is 29.7 Å². The molecule has 0 radical (unpaired) electrons. The summed E-state index contributed by atoms with van der Waals surface area (Å²) >= 11 is 7.64. The van der Waals surface area contributed by atoms with Gasteiger partial charge in [-0.3, -0.25) is 5.73 Å². The zero-order valence-electron chi connectivity index (χ0n) is 16.3. The Morgan fingerprint density at radius 3 is 2.72 bits per heavy atom. The van der Waals surface area contributed by atoms with E-state index in [1.54, 1.807) is 11.3 Å². The largest absolute Gasteiger partial charge is 0.489 e. The molecule has 4 nitrogen and oxygen atoms in total. The van der Waals surface area contributed by atoms with Gasteiger partial charge in [-0.05, 0) is 56.5 Å². The summed E-state index contributed by atoms with van der Waals surface area (Å²) in [6.45, 7) is 2.57. The van der Waals surface area contributed by atoms with Crippen LogP contribution in [0.1, 0.15) is 46.5 Å². The molecule has 2 heterocycles. The third-order valence-corrected chi connectivity index (χ3v) is 6.77. The lowest BCUT2D eigenvalue weighted by Crippen LogP contribution is -2.21. The fourth-order valence-corrected chi connectivity index (χ4v) is 5.11. The number of aryl methyl sites for hydroxylation is 2. The van der Waals surface area contributed by atoms with E-state index in [1.807, 2.05) is 24.3 Å². The molecule has 2 aromatic heterocycles. The molecule has 1 aliphatic rings. The molecular weight excluding hydrogens is 402 g/mol. The first-order valence-electron chi connectivity index (χ1n) is 9.81. The minimum absolute atomic E-state index is 0.466. The van der Waals surface area contributed by atoms with E-state index < -0.39 is 0 Å². The van der Waals surface area contributed by atoms with Crippen LogP contribution in [0.15, 0.2) is 30.3 Å². The van der Waals surface area contributed by atoms with Crippen LogP contribution in [0.2, 0.25) is 5.02 Å². The van der Waals surface area contributed by atoms with Gasteiger partial charge in [0.15, 0.2) is 0 Å². The van der Waals surface area contributed by atoms with Crippen molar-refractivity contribution in [3.05, 3.63) is 62.6 Å². The number of rotatable bonds is 4. The summed E-state index contributed by atoms with van der Waals surface area (Å²) in [7, 11) is 0. The summed E-state index contributed by atoms with van der Waals surface area (Å²) < 4.78 is 5.94. The first-order valence-corrected chi connectivity index (χ1v) is 11.0. The van der Waals surface area contributed by atoms with Crippen molar-refractivity contribution in [3.8, 4) is 22.3 Å². The van der Waals surface area contributed by atoms with Gasteiger partial charge in [-0.15, -0.1) is 11.3 Å². The van der Waals surface area contributed by atoms with E-state index in [-0.39, 0.29) is 0 Å². The lowest BCUT2D eigenvalue weighted by atomic mass is 9.95. The number of halogens is 1. The SMILES string of the molecule is Cc1sc(-c2c(C#N)c(N)[nH+]c3c2CCCCC3)cc1COc1ccc(Cl)cc1. The summed E-state index contributed by atoms with van der Waals surface area (Å²) in [5.74, 6) is 1.25. The van der Waals surface area contributed by atoms with Crippen LogP contribution in [0.25, 0.3) is 10.4 Å². The standard InChI is InChI=1S/C23H22ClN3OS/c1-14-15(13-28-17-9-7-16(24)8-10-17)11-21(29-14)22-18-5-3-2-4-6-20(18)27-23(26)19(22)12-25/h7-11H,2-6,13H2,1H3,(H2,26,27)/p+1. The van der Waals surface area contributed by atoms with Gasteiger partial charge in [-0.1, -0.05) is 18.0 Å². The number of nitrogens with one attached hydrogen (secondary N) is 1. The topological polar surface area (TPSA) is 73.2 Å². The Hall–Kier alpha value is -2.55. The van der Waals surface area contributed by atoms with E-state index in [2.05, 4.69) is 24.0 Å². The number of thiophene rings is 1. The van der Waals surface area contributed by atoms with Gasteiger partial charge in [-0.2, -0.15) is 5.26 Å². The zero-order valence-corrected chi connectivity index (χ0v) is 17.9. The van der Waals surface area contributed by atoms with Gasteiger partial charge >= 0.3 is 0 Å². The number of nitrogens with zero attached hydrogens (tertiary/aromatic N) is 1. The number of fused-ring (bicyclic) bond motifs is 1. The third-order valence-electron chi connectivity index (χ3n) is 5.41. The summed E-state index contributed by atoms with van der Waals surface area (Å²) in [4.78, 5) is 5.57. The highest BCUT2D eigenvalue weighted by atomic mass is 35.5. The highest BCUT2D eigenvalue weighted by molar-refractivity contribution is 7.15. The van der Waals surface area contributed by atoms with Crippen molar-refractivity contribution in [1.82, 2.24) is 0 Å². The van der Waals surface area contributed by atoms with Crippen molar-refractivity contribution in [3.63, 3.8) is 0 Å². The van der Waals surface area contributed by atoms with Gasteiger partial charge < -0.3 is 4.74 Å². The summed E-state index contributed by atoms with van der Waals surface area (Å²) in [6.07, 6.45) is 5.45. The van der Waals surface area contributed by atoms with Gasteiger partial charge in [0.05, 0.1) is 0 Å². The van der Waals surface area contributed by atoms with Crippen molar-refractivity contribution in [1.29, 1.82) is 5.26 Å². The molecule has 1 aromatic carbocycles. The number of aromatic amines is 1. The van der Waals surface area contributed by atoms with Gasteiger partial charge in [0, 0.05) is 37.9 Å². The van der Waals surface area contributed by atoms with Crippen LogP contribution in [0, 0.1) is 18.3 Å². The van der Waals surface area contributed by atoms with Gasteiger partial charge in [-0.25, -0.2) is 4.98 Å². The Morgan fingerprint density at radius 2 is 1.97 bits per heavy atom. The van der Waals surface area contributed by atoms with Gasteiger partial charge in [0.25, 0.3) is 5.82 Å². The van der Waals surface area contributed by atoms with Crippen LogP contribution < -0.4 is 15.5 Å². The molecule has 0 atom stereocenters. The minimum atomic E-state index is 0.466. The van der Waals surface area contributed by atoms with E-state index >= 15 is 0 Å². The zero-order chi connectivity index (χ0) is 20.4. The van der Waals surface area contributed by atoms with Crippen molar-refractivity contribution in [2.75, 3.05) is 5.73 Å². The molecule has 29 heavy (non-hydrogen) atoms. The van der Waals surface area contributed by atoms with Crippen molar-refractivity contribution in [2.24, 2.45) is 0 Å². The Labute approximate surface area is 179 Å². The molecule has 0 bridgehead atoms. The second-order valence-corrected chi connectivity index (χ2v) is 9.05. The predicted octanol–water partition coefficient (Wildman–Crippen LogP) is 5.49. The lowest BCUT2D eigenvalue weighted by molar-refractivity contribution is -0.373. The fourth-order valence-electron chi connectivity index (χ4n) is 3.87. The molecule has 148 valence electrons. The minimum Gasteiger partial charge on any atom is -0.489 e. The number of H-pyrrole nitrogens is 1.